The molecule has 106 valence electrons. The van der Waals surface area contributed by atoms with Crippen LogP contribution in [0.3, 0.4) is 0 Å². The molecule has 1 unspecified atom stereocenters. The quantitative estimate of drug-likeness (QED) is 0.480. The highest BCUT2D eigenvalue weighted by Gasteiger charge is 2.24. The standard InChI is InChI=1S/C11H14N2O5.ClH/c1-12-6-2-3-8(7-12)17-11(14)9-4-5-10(18-9)13(15)16;/h4-5,8H,2-3,6-7H2,1H3;1H. The number of likely N-dealkylation sites (N-methyl/N-ethyl adjacent to an activating group) is 1. The van der Waals surface area contributed by atoms with Crippen LogP contribution in [0.1, 0.15) is 23.4 Å². The summed E-state index contributed by atoms with van der Waals surface area (Å²) < 4.78 is 10.0. The zero-order valence-corrected chi connectivity index (χ0v) is 11.2. The Hall–Kier alpha value is -1.60. The van der Waals surface area contributed by atoms with E-state index in [-0.39, 0.29) is 24.3 Å². The Morgan fingerprint density at radius 3 is 2.89 bits per heavy atom. The maximum absolute atomic E-state index is 11.7. The topological polar surface area (TPSA) is 85.8 Å². The lowest BCUT2D eigenvalue weighted by Gasteiger charge is -2.28. The third-order valence-corrected chi connectivity index (χ3v) is 2.83. The van der Waals surface area contributed by atoms with E-state index >= 15 is 0 Å². The molecule has 2 rings (SSSR count). The molecular weight excluding hydrogens is 276 g/mol. The number of furan rings is 1. The van der Waals surface area contributed by atoms with Crippen molar-refractivity contribution in [2.45, 2.75) is 18.9 Å². The molecule has 0 radical (unpaired) electrons. The van der Waals surface area contributed by atoms with E-state index in [1.165, 1.54) is 6.07 Å². The summed E-state index contributed by atoms with van der Waals surface area (Å²) in [6.45, 7) is 1.66. The molecule has 1 atom stereocenters. The van der Waals surface area contributed by atoms with Crippen LogP contribution in [0.15, 0.2) is 16.5 Å². The van der Waals surface area contributed by atoms with Crippen molar-refractivity contribution in [1.82, 2.24) is 4.90 Å². The second-order valence-electron chi connectivity index (χ2n) is 4.33. The van der Waals surface area contributed by atoms with Gasteiger partial charge in [0, 0.05) is 6.54 Å². The number of likely N-dealkylation sites (tertiary alicyclic amines) is 1. The Morgan fingerprint density at radius 2 is 2.32 bits per heavy atom. The summed E-state index contributed by atoms with van der Waals surface area (Å²) in [7, 11) is 1.96. The van der Waals surface area contributed by atoms with Crippen LogP contribution in [0.25, 0.3) is 0 Å². The third kappa shape index (κ3) is 3.93. The van der Waals surface area contributed by atoms with Crippen LogP contribution in [-0.2, 0) is 4.74 Å². The SMILES string of the molecule is CN1CCCC(OC(=O)c2ccc([N+](=O)[O-])o2)C1.Cl. The highest BCUT2D eigenvalue weighted by molar-refractivity contribution is 5.86. The molecule has 2 heterocycles. The van der Waals surface area contributed by atoms with E-state index in [1.54, 1.807) is 0 Å². The first-order valence-corrected chi connectivity index (χ1v) is 5.70. The van der Waals surface area contributed by atoms with Gasteiger partial charge in [0.25, 0.3) is 0 Å². The van der Waals surface area contributed by atoms with Crippen LogP contribution < -0.4 is 0 Å². The van der Waals surface area contributed by atoms with Crippen LogP contribution >= 0.6 is 12.4 Å². The third-order valence-electron chi connectivity index (χ3n) is 2.83. The van der Waals surface area contributed by atoms with Gasteiger partial charge in [-0.15, -0.1) is 12.4 Å². The van der Waals surface area contributed by atoms with E-state index < -0.39 is 16.8 Å². The molecule has 1 aromatic heterocycles. The van der Waals surface area contributed by atoms with Crippen molar-refractivity contribution in [2.75, 3.05) is 20.1 Å². The summed E-state index contributed by atoms with van der Waals surface area (Å²) in [5.41, 5.74) is 0. The Bertz CT molecular complexity index is 462. The Labute approximate surface area is 116 Å². The number of carbonyl (C=O) groups is 1. The number of esters is 1. The van der Waals surface area contributed by atoms with Gasteiger partial charge >= 0.3 is 11.9 Å². The number of nitrogens with zero attached hydrogens (tertiary/aromatic N) is 2. The van der Waals surface area contributed by atoms with E-state index in [9.17, 15) is 14.9 Å². The number of piperidine rings is 1. The van der Waals surface area contributed by atoms with Gasteiger partial charge in [0.05, 0.1) is 6.07 Å². The smallest absolute Gasteiger partial charge is 0.433 e. The van der Waals surface area contributed by atoms with E-state index in [1.807, 2.05) is 7.05 Å². The Balaban J connectivity index is 0.00000180. The fourth-order valence-electron chi connectivity index (χ4n) is 1.96. The lowest BCUT2D eigenvalue weighted by molar-refractivity contribution is -0.402. The Morgan fingerprint density at radius 1 is 1.58 bits per heavy atom. The molecule has 1 fully saturated rings. The predicted octanol–water partition coefficient (Wildman–Crippen LogP) is 1.86. The number of rotatable bonds is 3. The van der Waals surface area contributed by atoms with Crippen LogP contribution in [0.4, 0.5) is 5.88 Å². The minimum Gasteiger partial charge on any atom is -0.455 e. The van der Waals surface area contributed by atoms with Crippen molar-refractivity contribution in [3.05, 3.63) is 28.0 Å². The van der Waals surface area contributed by atoms with Crippen LogP contribution in [0.2, 0.25) is 0 Å². The van der Waals surface area contributed by atoms with Gasteiger partial charge in [-0.3, -0.25) is 10.1 Å². The second kappa shape index (κ2) is 6.53. The van der Waals surface area contributed by atoms with Gasteiger partial charge in [-0.2, -0.15) is 0 Å². The zero-order chi connectivity index (χ0) is 13.1. The van der Waals surface area contributed by atoms with Gasteiger partial charge < -0.3 is 14.1 Å². The van der Waals surface area contributed by atoms with Gasteiger partial charge in [-0.05, 0) is 32.5 Å². The molecular formula is C11H15ClN2O5. The van der Waals surface area contributed by atoms with E-state index in [4.69, 9.17) is 9.15 Å². The first-order chi connectivity index (χ1) is 8.56. The molecule has 0 N–H and O–H groups in total. The molecule has 0 saturated carbocycles. The summed E-state index contributed by atoms with van der Waals surface area (Å²) in [6.07, 6.45) is 1.59. The molecule has 8 heteroatoms. The molecule has 1 aromatic rings. The monoisotopic (exact) mass is 290 g/mol. The van der Waals surface area contributed by atoms with Gasteiger partial charge in [0.15, 0.2) is 0 Å². The van der Waals surface area contributed by atoms with Gasteiger partial charge in [-0.1, -0.05) is 0 Å². The number of hydrogen-bond acceptors (Lipinski definition) is 6. The molecule has 1 saturated heterocycles. The van der Waals surface area contributed by atoms with Crippen molar-refractivity contribution < 1.29 is 18.9 Å². The molecule has 1 aliphatic rings. The number of nitro groups is 1. The highest BCUT2D eigenvalue weighted by Crippen LogP contribution is 2.18. The first kappa shape index (κ1) is 15.5. The average molecular weight is 291 g/mol. The summed E-state index contributed by atoms with van der Waals surface area (Å²) in [5, 5.41) is 10.4. The maximum Gasteiger partial charge on any atom is 0.433 e. The van der Waals surface area contributed by atoms with E-state index in [2.05, 4.69) is 4.90 Å². The van der Waals surface area contributed by atoms with E-state index in [0.717, 1.165) is 25.5 Å². The average Bonchev–Trinajstić information content (AvgIpc) is 2.78. The molecule has 0 aliphatic carbocycles. The normalized spacial score (nSPS) is 19.5. The van der Waals surface area contributed by atoms with Crippen molar-refractivity contribution >= 4 is 24.3 Å². The van der Waals surface area contributed by atoms with Crippen LogP contribution in [0, 0.1) is 10.1 Å². The van der Waals surface area contributed by atoms with Crippen molar-refractivity contribution in [3.8, 4) is 0 Å². The maximum atomic E-state index is 11.7. The molecule has 0 aromatic carbocycles. The van der Waals surface area contributed by atoms with Crippen molar-refractivity contribution in [2.24, 2.45) is 0 Å². The summed E-state index contributed by atoms with van der Waals surface area (Å²) in [5.74, 6) is -1.24. The number of carbonyl (C=O) groups excluding carboxylic acids is 1. The minimum absolute atomic E-state index is 0. The zero-order valence-electron chi connectivity index (χ0n) is 10.4. The minimum atomic E-state index is -0.689. The fourth-order valence-corrected chi connectivity index (χ4v) is 1.96. The molecule has 0 bridgehead atoms. The number of halogens is 1. The largest absolute Gasteiger partial charge is 0.455 e. The van der Waals surface area contributed by atoms with Crippen molar-refractivity contribution in [3.63, 3.8) is 0 Å². The van der Waals surface area contributed by atoms with Crippen LogP contribution in [-0.4, -0.2) is 42.0 Å². The van der Waals surface area contributed by atoms with Crippen molar-refractivity contribution in [1.29, 1.82) is 0 Å². The predicted molar refractivity (Wildman–Crippen MR) is 68.5 cm³/mol. The highest BCUT2D eigenvalue weighted by atomic mass is 35.5. The molecule has 7 nitrogen and oxygen atoms in total. The van der Waals surface area contributed by atoms with E-state index in [0.29, 0.717) is 6.54 Å². The van der Waals surface area contributed by atoms with Gasteiger partial charge in [-0.25, -0.2) is 4.79 Å². The lowest BCUT2D eigenvalue weighted by Crippen LogP contribution is -2.38. The fraction of sp³-hybridized carbons (Fsp3) is 0.545. The number of ether oxygens (including phenoxy) is 1. The summed E-state index contributed by atoms with van der Waals surface area (Å²) in [4.78, 5) is 23.5. The molecule has 1 aliphatic heterocycles. The molecule has 19 heavy (non-hydrogen) atoms. The first-order valence-electron chi connectivity index (χ1n) is 5.70. The van der Waals surface area contributed by atoms with Crippen LogP contribution in [0.5, 0.6) is 0 Å². The molecule has 0 amide bonds. The molecule has 0 spiro atoms. The summed E-state index contributed by atoms with van der Waals surface area (Å²) in [6, 6.07) is 2.40. The van der Waals surface area contributed by atoms with Gasteiger partial charge in [0.1, 0.15) is 11.0 Å². The lowest BCUT2D eigenvalue weighted by atomic mass is 10.1. The second-order valence-corrected chi connectivity index (χ2v) is 4.33. The Kier molecular flexibility index (Phi) is 5.31. The summed E-state index contributed by atoms with van der Waals surface area (Å²) >= 11 is 0. The van der Waals surface area contributed by atoms with Gasteiger partial charge in [0.2, 0.25) is 5.76 Å². The number of hydrogen-bond donors (Lipinski definition) is 0.